The minimum absolute atomic E-state index is 0.160. The molecule has 1 unspecified atom stereocenters. The van der Waals surface area contributed by atoms with Gasteiger partial charge in [0.25, 0.3) is 0 Å². The van der Waals surface area contributed by atoms with Crippen LogP contribution in [0.4, 0.5) is 0 Å². The zero-order valence-electron chi connectivity index (χ0n) is 14.3. The van der Waals surface area contributed by atoms with E-state index < -0.39 is 0 Å². The molecule has 0 bridgehead atoms. The molecule has 1 aliphatic heterocycles. The van der Waals surface area contributed by atoms with Crippen LogP contribution in [0.15, 0.2) is 24.9 Å². The number of pyridine rings is 1. The van der Waals surface area contributed by atoms with E-state index in [0.29, 0.717) is 19.1 Å². The Morgan fingerprint density at radius 3 is 3.09 bits per heavy atom. The van der Waals surface area contributed by atoms with Crippen LogP contribution in [0.1, 0.15) is 31.0 Å². The maximum Gasteiger partial charge on any atom is 0.236 e. The average molecular weight is 316 g/mol. The highest BCUT2D eigenvalue weighted by Crippen LogP contribution is 2.15. The van der Waals surface area contributed by atoms with Gasteiger partial charge in [-0.2, -0.15) is 0 Å². The molecule has 0 spiro atoms. The summed E-state index contributed by atoms with van der Waals surface area (Å²) in [6.45, 7) is 9.47. The van der Waals surface area contributed by atoms with Crippen LogP contribution in [-0.4, -0.2) is 60.0 Å². The van der Waals surface area contributed by atoms with Gasteiger partial charge in [0.15, 0.2) is 0 Å². The predicted molar refractivity (Wildman–Crippen MR) is 93.9 cm³/mol. The average Bonchev–Trinajstić information content (AvgIpc) is 2.97. The zero-order chi connectivity index (χ0) is 16.7. The molecule has 1 aliphatic rings. The fourth-order valence-electron chi connectivity index (χ4n) is 3.00. The zero-order valence-corrected chi connectivity index (χ0v) is 14.3. The second-order valence-corrected chi connectivity index (χ2v) is 6.10. The Bertz CT molecular complexity index is 532. The van der Waals surface area contributed by atoms with Crippen LogP contribution in [0, 0.1) is 0 Å². The molecule has 0 aromatic carbocycles. The van der Waals surface area contributed by atoms with Crippen molar-refractivity contribution >= 4 is 12.0 Å². The van der Waals surface area contributed by atoms with Crippen LogP contribution in [0.3, 0.4) is 0 Å². The highest BCUT2D eigenvalue weighted by atomic mass is 16.2. The van der Waals surface area contributed by atoms with E-state index in [0.717, 1.165) is 30.9 Å². The summed E-state index contributed by atoms with van der Waals surface area (Å²) in [5, 5.41) is 3.20. The first-order chi connectivity index (χ1) is 11.1. The van der Waals surface area contributed by atoms with Gasteiger partial charge in [-0.15, -0.1) is 0 Å². The van der Waals surface area contributed by atoms with Crippen LogP contribution in [-0.2, 0) is 11.3 Å². The smallest absolute Gasteiger partial charge is 0.236 e. The van der Waals surface area contributed by atoms with Crippen LogP contribution in [0.25, 0.3) is 6.08 Å². The molecule has 0 radical (unpaired) electrons. The van der Waals surface area contributed by atoms with Gasteiger partial charge in [0, 0.05) is 31.9 Å². The lowest BCUT2D eigenvalue weighted by Gasteiger charge is -2.28. The van der Waals surface area contributed by atoms with E-state index >= 15 is 0 Å². The summed E-state index contributed by atoms with van der Waals surface area (Å²) < 4.78 is 0. The molecule has 0 saturated carbocycles. The van der Waals surface area contributed by atoms with Crippen molar-refractivity contribution in [2.75, 3.05) is 33.2 Å². The summed E-state index contributed by atoms with van der Waals surface area (Å²) in [6, 6.07) is 4.40. The van der Waals surface area contributed by atoms with Crippen molar-refractivity contribution in [1.29, 1.82) is 0 Å². The van der Waals surface area contributed by atoms with E-state index in [2.05, 4.69) is 28.8 Å². The van der Waals surface area contributed by atoms with Gasteiger partial charge in [0.05, 0.1) is 12.2 Å². The molecule has 5 heteroatoms. The molecular weight excluding hydrogens is 288 g/mol. The van der Waals surface area contributed by atoms with Crippen molar-refractivity contribution in [3.63, 3.8) is 0 Å². The van der Waals surface area contributed by atoms with Gasteiger partial charge in [0.1, 0.15) is 0 Å². The Balaban J connectivity index is 1.78. The van der Waals surface area contributed by atoms with Crippen LogP contribution < -0.4 is 5.32 Å². The predicted octanol–water partition coefficient (Wildman–Crippen LogP) is 1.76. The Hall–Kier alpha value is -1.72. The third kappa shape index (κ3) is 5.15. The van der Waals surface area contributed by atoms with E-state index in [1.807, 2.05) is 24.0 Å². The van der Waals surface area contributed by atoms with E-state index in [1.54, 1.807) is 12.3 Å². The molecule has 23 heavy (non-hydrogen) atoms. The van der Waals surface area contributed by atoms with Gasteiger partial charge in [-0.3, -0.25) is 9.78 Å². The van der Waals surface area contributed by atoms with Gasteiger partial charge in [-0.25, -0.2) is 0 Å². The number of nitrogens with one attached hydrogen (secondary N) is 1. The first-order valence-corrected chi connectivity index (χ1v) is 8.40. The molecule has 2 rings (SSSR count). The number of aromatic nitrogens is 1. The Kier molecular flexibility index (Phi) is 6.74. The van der Waals surface area contributed by atoms with Crippen molar-refractivity contribution in [3.8, 4) is 0 Å². The Morgan fingerprint density at radius 1 is 1.61 bits per heavy atom. The number of likely N-dealkylation sites (N-methyl/N-ethyl adjacent to an activating group) is 2. The minimum Gasteiger partial charge on any atom is -0.340 e. The Morgan fingerprint density at radius 2 is 2.43 bits per heavy atom. The number of amides is 1. The van der Waals surface area contributed by atoms with Gasteiger partial charge in [-0.05, 0) is 51.1 Å². The first-order valence-electron chi connectivity index (χ1n) is 8.40. The fourth-order valence-corrected chi connectivity index (χ4v) is 3.00. The Labute approximate surface area is 139 Å². The van der Waals surface area contributed by atoms with Gasteiger partial charge in [-0.1, -0.05) is 12.7 Å². The maximum atomic E-state index is 12.4. The molecule has 126 valence electrons. The summed E-state index contributed by atoms with van der Waals surface area (Å²) in [4.78, 5) is 21.0. The van der Waals surface area contributed by atoms with Crippen molar-refractivity contribution in [1.82, 2.24) is 20.1 Å². The van der Waals surface area contributed by atoms with E-state index in [4.69, 9.17) is 0 Å². The number of rotatable bonds is 8. The maximum absolute atomic E-state index is 12.4. The molecule has 5 nitrogen and oxygen atoms in total. The molecule has 1 aromatic heterocycles. The van der Waals surface area contributed by atoms with Crippen molar-refractivity contribution < 1.29 is 4.79 Å². The summed E-state index contributed by atoms with van der Waals surface area (Å²) in [6.07, 6.45) is 5.99. The topological polar surface area (TPSA) is 48.5 Å². The standard InChI is InChI=1S/C18H28N4O/c1-4-15-8-9-20-16(11-15)12-19-13-18(23)22(5-2)14-17-7-6-10-21(17)3/h4,8-9,11,17,19H,1,5-7,10,12-14H2,2-3H3. The number of nitrogens with zero attached hydrogens (tertiary/aromatic N) is 3. The second-order valence-electron chi connectivity index (χ2n) is 6.10. The molecule has 1 amide bonds. The van der Waals surface area contributed by atoms with E-state index in [-0.39, 0.29) is 5.91 Å². The number of hydrogen-bond acceptors (Lipinski definition) is 4. The molecule has 1 N–H and O–H groups in total. The molecule has 2 heterocycles. The van der Waals surface area contributed by atoms with E-state index in [9.17, 15) is 4.79 Å². The molecule has 0 aliphatic carbocycles. The highest BCUT2D eigenvalue weighted by Gasteiger charge is 2.24. The van der Waals surface area contributed by atoms with Crippen LogP contribution in [0.5, 0.6) is 0 Å². The summed E-state index contributed by atoms with van der Waals surface area (Å²) >= 11 is 0. The van der Waals surface area contributed by atoms with Crippen molar-refractivity contribution in [3.05, 3.63) is 36.2 Å². The summed E-state index contributed by atoms with van der Waals surface area (Å²) in [5.74, 6) is 0.160. The molecule has 1 saturated heterocycles. The lowest BCUT2D eigenvalue weighted by molar-refractivity contribution is -0.130. The van der Waals surface area contributed by atoms with Crippen LogP contribution >= 0.6 is 0 Å². The second kappa shape index (κ2) is 8.79. The molecule has 1 aromatic rings. The third-order valence-corrected chi connectivity index (χ3v) is 4.50. The van der Waals surface area contributed by atoms with Gasteiger partial charge < -0.3 is 15.1 Å². The quantitative estimate of drug-likeness (QED) is 0.794. The molecule has 1 atom stereocenters. The minimum atomic E-state index is 0.160. The highest BCUT2D eigenvalue weighted by molar-refractivity contribution is 5.78. The van der Waals surface area contributed by atoms with E-state index in [1.165, 1.54) is 12.8 Å². The number of hydrogen-bond donors (Lipinski definition) is 1. The monoisotopic (exact) mass is 316 g/mol. The summed E-state index contributed by atoms with van der Waals surface area (Å²) in [5.41, 5.74) is 1.97. The van der Waals surface area contributed by atoms with Gasteiger partial charge >= 0.3 is 0 Å². The van der Waals surface area contributed by atoms with Gasteiger partial charge in [0.2, 0.25) is 5.91 Å². The molecule has 1 fully saturated rings. The summed E-state index contributed by atoms with van der Waals surface area (Å²) in [7, 11) is 2.15. The SMILES string of the molecule is C=Cc1ccnc(CNCC(=O)N(CC)CC2CCCN2C)c1. The number of likely N-dealkylation sites (tertiary alicyclic amines) is 1. The van der Waals surface area contributed by atoms with Crippen LogP contribution in [0.2, 0.25) is 0 Å². The normalized spacial score (nSPS) is 18.1. The first kappa shape index (κ1) is 17.6. The largest absolute Gasteiger partial charge is 0.340 e. The number of carbonyl (C=O) groups excluding carboxylic acids is 1. The number of carbonyl (C=O) groups is 1. The van der Waals surface area contributed by atoms with Crippen molar-refractivity contribution in [2.45, 2.75) is 32.4 Å². The third-order valence-electron chi connectivity index (χ3n) is 4.50. The lowest BCUT2D eigenvalue weighted by atomic mass is 10.2. The molecular formula is C18H28N4O. The lowest BCUT2D eigenvalue weighted by Crippen LogP contribution is -2.44. The van der Waals surface area contributed by atoms with Crippen molar-refractivity contribution in [2.24, 2.45) is 0 Å². The fraction of sp³-hybridized carbons (Fsp3) is 0.556.